The summed E-state index contributed by atoms with van der Waals surface area (Å²) < 4.78 is 30.9. The summed E-state index contributed by atoms with van der Waals surface area (Å²) in [5.74, 6) is 5.86. The molecule has 3 heterocycles. The summed E-state index contributed by atoms with van der Waals surface area (Å²) in [4.78, 5) is 4.29. The second-order valence-electron chi connectivity index (χ2n) is 6.58. The van der Waals surface area contributed by atoms with Crippen LogP contribution in [0.15, 0.2) is 66.0 Å². The topological polar surface area (TPSA) is 120 Å². The Kier molecular flexibility index (Phi) is 5.44. The number of ether oxygens (including phenoxy) is 1. The second-order valence-corrected chi connectivity index (χ2v) is 8.14. The first kappa shape index (κ1) is 20.6. The molecule has 4 aromatic rings. The fraction of sp³-hybridized carbons (Fsp3) is 0.0909. The predicted molar refractivity (Wildman–Crippen MR) is 116 cm³/mol. The SMILES string of the molecule is COc1nccc(-c2ccn3ncc(C#CCO)c3c2)c1-c1cccc(S(N)(=O)=O)c1. The molecule has 3 aromatic heterocycles. The van der Waals surface area contributed by atoms with Gasteiger partial charge in [0.15, 0.2) is 0 Å². The molecule has 0 saturated heterocycles. The van der Waals surface area contributed by atoms with E-state index in [0.717, 1.165) is 16.6 Å². The first-order valence-corrected chi connectivity index (χ1v) is 10.7. The third-order valence-corrected chi connectivity index (χ3v) is 5.61. The number of aliphatic hydroxyl groups is 1. The Bertz CT molecular complexity index is 1450. The van der Waals surface area contributed by atoms with Crippen LogP contribution in [-0.4, -0.2) is 41.8 Å². The van der Waals surface area contributed by atoms with Crippen LogP contribution < -0.4 is 9.88 Å². The van der Waals surface area contributed by atoms with Crippen molar-refractivity contribution in [2.75, 3.05) is 13.7 Å². The second kappa shape index (κ2) is 8.20. The maximum absolute atomic E-state index is 11.9. The van der Waals surface area contributed by atoms with Gasteiger partial charge < -0.3 is 9.84 Å². The van der Waals surface area contributed by atoms with Gasteiger partial charge in [-0.1, -0.05) is 24.0 Å². The summed E-state index contributed by atoms with van der Waals surface area (Å²) in [5.41, 5.74) is 4.27. The number of benzene rings is 1. The Balaban J connectivity index is 1.95. The Labute approximate surface area is 179 Å². The number of hydrogen-bond acceptors (Lipinski definition) is 6. The fourth-order valence-electron chi connectivity index (χ4n) is 3.32. The normalized spacial score (nSPS) is 11.2. The van der Waals surface area contributed by atoms with Gasteiger partial charge in [-0.3, -0.25) is 0 Å². The number of sulfonamides is 1. The van der Waals surface area contributed by atoms with E-state index in [4.69, 9.17) is 15.0 Å². The van der Waals surface area contributed by atoms with Crippen molar-refractivity contribution in [3.05, 3.63) is 66.6 Å². The number of methoxy groups -OCH3 is 1. The lowest BCUT2D eigenvalue weighted by Crippen LogP contribution is -2.12. The van der Waals surface area contributed by atoms with Gasteiger partial charge >= 0.3 is 0 Å². The van der Waals surface area contributed by atoms with Gasteiger partial charge in [0.2, 0.25) is 15.9 Å². The van der Waals surface area contributed by atoms with Crippen LogP contribution in [0.25, 0.3) is 27.8 Å². The van der Waals surface area contributed by atoms with Crippen molar-refractivity contribution in [2.24, 2.45) is 5.14 Å². The molecule has 0 bridgehead atoms. The lowest BCUT2D eigenvalue weighted by atomic mass is 9.96. The first-order chi connectivity index (χ1) is 14.9. The van der Waals surface area contributed by atoms with Crippen LogP contribution in [0.4, 0.5) is 0 Å². The minimum atomic E-state index is -3.87. The summed E-state index contributed by atoms with van der Waals surface area (Å²) >= 11 is 0. The number of nitrogens with two attached hydrogens (primary N) is 1. The third kappa shape index (κ3) is 4.00. The van der Waals surface area contributed by atoms with Gasteiger partial charge in [0.1, 0.15) is 6.61 Å². The summed E-state index contributed by atoms with van der Waals surface area (Å²) in [6.07, 6.45) is 5.05. The predicted octanol–water partition coefficient (Wildman–Crippen LogP) is 2.06. The highest BCUT2D eigenvalue weighted by Crippen LogP contribution is 2.38. The number of fused-ring (bicyclic) bond motifs is 1. The van der Waals surface area contributed by atoms with E-state index < -0.39 is 10.0 Å². The Morgan fingerprint density at radius 1 is 1.19 bits per heavy atom. The van der Waals surface area contributed by atoms with Crippen LogP contribution in [0.3, 0.4) is 0 Å². The number of aromatic nitrogens is 3. The number of rotatable bonds is 4. The largest absolute Gasteiger partial charge is 0.481 e. The summed E-state index contributed by atoms with van der Waals surface area (Å²) in [6, 6.07) is 11.9. The van der Waals surface area contributed by atoms with Crippen molar-refractivity contribution >= 4 is 15.5 Å². The van der Waals surface area contributed by atoms with E-state index in [0.29, 0.717) is 22.6 Å². The number of nitrogens with zero attached hydrogens (tertiary/aromatic N) is 3. The molecule has 3 N–H and O–H groups in total. The van der Waals surface area contributed by atoms with Gasteiger partial charge in [0.05, 0.1) is 34.8 Å². The molecule has 31 heavy (non-hydrogen) atoms. The van der Waals surface area contributed by atoms with Gasteiger partial charge in [-0.15, -0.1) is 0 Å². The molecule has 0 amide bonds. The standard InChI is InChI=1S/C22H18N4O4S/c1-30-22-21(16-4-2-6-18(12-16)31(23,28)29)19(7-9-24-22)15-8-10-26-20(13-15)17(14-25-26)5-3-11-27/h2,4,6-10,12-14,27H,11H2,1H3,(H2,23,28,29). The van der Waals surface area contributed by atoms with Crippen LogP contribution in [0.1, 0.15) is 5.56 Å². The van der Waals surface area contributed by atoms with E-state index in [2.05, 4.69) is 21.9 Å². The molecule has 0 aliphatic carbocycles. The molecular weight excluding hydrogens is 416 g/mol. The van der Waals surface area contributed by atoms with Crippen LogP contribution >= 0.6 is 0 Å². The zero-order chi connectivity index (χ0) is 22.0. The first-order valence-electron chi connectivity index (χ1n) is 9.16. The van der Waals surface area contributed by atoms with Crippen LogP contribution in [-0.2, 0) is 10.0 Å². The molecule has 156 valence electrons. The van der Waals surface area contributed by atoms with E-state index in [-0.39, 0.29) is 11.5 Å². The van der Waals surface area contributed by atoms with Crippen LogP contribution in [0.5, 0.6) is 5.88 Å². The molecule has 0 aliphatic rings. The van der Waals surface area contributed by atoms with Crippen molar-refractivity contribution in [1.29, 1.82) is 0 Å². The van der Waals surface area contributed by atoms with Crippen molar-refractivity contribution < 1.29 is 18.3 Å². The molecule has 0 fully saturated rings. The average Bonchev–Trinajstić information content (AvgIpc) is 3.18. The average molecular weight is 434 g/mol. The lowest BCUT2D eigenvalue weighted by molar-refractivity contribution is 0.350. The number of pyridine rings is 2. The molecule has 1 aromatic carbocycles. The van der Waals surface area contributed by atoms with Crippen molar-refractivity contribution in [3.8, 4) is 40.0 Å². The van der Waals surface area contributed by atoms with E-state index in [1.54, 1.807) is 35.2 Å². The number of aliphatic hydroxyl groups excluding tert-OH is 1. The number of primary sulfonamides is 1. The molecule has 0 aliphatic heterocycles. The Hall–Kier alpha value is -3.71. The minimum absolute atomic E-state index is 0.00494. The molecule has 0 saturated carbocycles. The Morgan fingerprint density at radius 2 is 2.03 bits per heavy atom. The van der Waals surface area contributed by atoms with Gasteiger partial charge in [0, 0.05) is 12.4 Å². The molecular formula is C22H18N4O4S. The van der Waals surface area contributed by atoms with Gasteiger partial charge in [0.25, 0.3) is 0 Å². The lowest BCUT2D eigenvalue weighted by Gasteiger charge is -2.14. The molecule has 0 spiro atoms. The quantitative estimate of drug-likeness (QED) is 0.475. The van der Waals surface area contributed by atoms with Crippen molar-refractivity contribution in [3.63, 3.8) is 0 Å². The molecule has 8 nitrogen and oxygen atoms in total. The smallest absolute Gasteiger partial charge is 0.238 e. The molecule has 9 heteroatoms. The molecule has 0 atom stereocenters. The van der Waals surface area contributed by atoms with E-state index in [9.17, 15) is 8.42 Å². The summed E-state index contributed by atoms with van der Waals surface area (Å²) in [7, 11) is -2.37. The van der Waals surface area contributed by atoms with Gasteiger partial charge in [-0.05, 0) is 47.0 Å². The Morgan fingerprint density at radius 3 is 2.77 bits per heavy atom. The zero-order valence-electron chi connectivity index (χ0n) is 16.5. The highest BCUT2D eigenvalue weighted by molar-refractivity contribution is 7.89. The number of hydrogen-bond donors (Lipinski definition) is 2. The van der Waals surface area contributed by atoms with Crippen molar-refractivity contribution in [2.45, 2.75) is 4.90 Å². The third-order valence-electron chi connectivity index (χ3n) is 4.70. The highest BCUT2D eigenvalue weighted by Gasteiger charge is 2.18. The molecule has 4 rings (SSSR count). The zero-order valence-corrected chi connectivity index (χ0v) is 17.3. The van der Waals surface area contributed by atoms with E-state index in [1.165, 1.54) is 19.2 Å². The highest BCUT2D eigenvalue weighted by atomic mass is 32.2. The van der Waals surface area contributed by atoms with Gasteiger partial charge in [-0.25, -0.2) is 23.1 Å². The minimum Gasteiger partial charge on any atom is -0.481 e. The van der Waals surface area contributed by atoms with Crippen LogP contribution in [0, 0.1) is 11.8 Å². The van der Waals surface area contributed by atoms with E-state index in [1.807, 2.05) is 18.2 Å². The monoisotopic (exact) mass is 434 g/mol. The fourth-order valence-corrected chi connectivity index (χ4v) is 3.88. The summed E-state index contributed by atoms with van der Waals surface area (Å²) in [6.45, 7) is -0.247. The van der Waals surface area contributed by atoms with E-state index >= 15 is 0 Å². The van der Waals surface area contributed by atoms with Crippen molar-refractivity contribution in [1.82, 2.24) is 14.6 Å². The maximum Gasteiger partial charge on any atom is 0.238 e. The maximum atomic E-state index is 11.9. The molecule has 0 unspecified atom stereocenters. The summed E-state index contributed by atoms with van der Waals surface area (Å²) in [5, 5.41) is 18.6. The molecule has 0 radical (unpaired) electrons. The van der Waals surface area contributed by atoms with Crippen LogP contribution in [0.2, 0.25) is 0 Å². The van der Waals surface area contributed by atoms with Gasteiger partial charge in [-0.2, -0.15) is 5.10 Å².